The van der Waals surface area contributed by atoms with Crippen LogP contribution in [0.5, 0.6) is 0 Å². The summed E-state index contributed by atoms with van der Waals surface area (Å²) in [6.45, 7) is 1.69. The minimum absolute atomic E-state index is 0.306. The number of hydrogen-bond donors (Lipinski definition) is 0. The molecule has 0 spiro atoms. The van der Waals surface area contributed by atoms with Crippen molar-refractivity contribution in [3.8, 4) is 0 Å². The molecule has 0 aliphatic rings. The molecule has 0 amide bonds. The average molecular weight is 261 g/mol. The summed E-state index contributed by atoms with van der Waals surface area (Å²) in [6.07, 6.45) is 0. The molecule has 0 saturated heterocycles. The van der Waals surface area contributed by atoms with Crippen LogP contribution in [0.2, 0.25) is 0 Å². The van der Waals surface area contributed by atoms with Gasteiger partial charge in [0.05, 0.1) is 0 Å². The smallest absolute Gasteiger partial charge is 0.417 e. The van der Waals surface area contributed by atoms with Crippen molar-refractivity contribution in [2.75, 3.05) is 0 Å². The molecule has 2 nitrogen and oxygen atoms in total. The van der Waals surface area contributed by atoms with E-state index >= 15 is 0 Å². The van der Waals surface area contributed by atoms with E-state index in [1.165, 1.54) is 6.47 Å². The zero-order valence-electron chi connectivity index (χ0n) is 5.71. The topological polar surface area (TPSA) is 26.3 Å². The highest BCUT2D eigenvalue weighted by molar-refractivity contribution is 14.1. The SMILES string of the molecule is O=[C]OCc1cccc(I)c1. The Morgan fingerprint density at radius 3 is 3.00 bits per heavy atom. The minimum atomic E-state index is 0.306. The zero-order chi connectivity index (χ0) is 8.10. The lowest BCUT2D eigenvalue weighted by Crippen LogP contribution is -1.89. The largest absolute Gasteiger partial charge is 0.452 e. The van der Waals surface area contributed by atoms with Crippen LogP contribution in [0, 0.1) is 3.57 Å². The quantitative estimate of drug-likeness (QED) is 0.776. The summed E-state index contributed by atoms with van der Waals surface area (Å²) in [7, 11) is 0. The third kappa shape index (κ3) is 2.88. The van der Waals surface area contributed by atoms with Crippen LogP contribution in [0.3, 0.4) is 0 Å². The van der Waals surface area contributed by atoms with Crippen molar-refractivity contribution in [1.82, 2.24) is 0 Å². The van der Waals surface area contributed by atoms with Gasteiger partial charge in [0.1, 0.15) is 6.61 Å². The Kier molecular flexibility index (Phi) is 3.35. The monoisotopic (exact) mass is 261 g/mol. The van der Waals surface area contributed by atoms with Gasteiger partial charge in [0.2, 0.25) is 0 Å². The molecular formula is C8H6IO2. The van der Waals surface area contributed by atoms with Gasteiger partial charge in [0.25, 0.3) is 0 Å². The number of rotatable bonds is 3. The van der Waals surface area contributed by atoms with Gasteiger partial charge in [-0.3, -0.25) is 0 Å². The minimum Gasteiger partial charge on any atom is -0.452 e. The predicted octanol–water partition coefficient (Wildman–Crippen LogP) is 1.88. The summed E-state index contributed by atoms with van der Waals surface area (Å²) in [5.41, 5.74) is 0.986. The molecule has 0 heterocycles. The Morgan fingerprint density at radius 1 is 1.55 bits per heavy atom. The fourth-order valence-electron chi connectivity index (χ4n) is 0.740. The van der Waals surface area contributed by atoms with Crippen LogP contribution in [0.4, 0.5) is 0 Å². The lowest BCUT2D eigenvalue weighted by Gasteiger charge is -1.97. The van der Waals surface area contributed by atoms with E-state index in [-0.39, 0.29) is 0 Å². The van der Waals surface area contributed by atoms with E-state index < -0.39 is 0 Å². The van der Waals surface area contributed by atoms with Crippen molar-refractivity contribution in [2.45, 2.75) is 6.61 Å². The predicted molar refractivity (Wildman–Crippen MR) is 49.6 cm³/mol. The fourth-order valence-corrected chi connectivity index (χ4v) is 1.35. The lowest BCUT2D eigenvalue weighted by atomic mass is 10.2. The van der Waals surface area contributed by atoms with E-state index in [4.69, 9.17) is 0 Å². The first-order valence-electron chi connectivity index (χ1n) is 3.06. The molecule has 0 saturated carbocycles. The second-order valence-electron chi connectivity index (χ2n) is 2.00. The molecule has 0 N–H and O–H groups in total. The number of halogens is 1. The van der Waals surface area contributed by atoms with Crippen LogP contribution in [-0.4, -0.2) is 6.47 Å². The molecule has 0 aliphatic heterocycles. The van der Waals surface area contributed by atoms with Gasteiger partial charge in [-0.15, -0.1) is 0 Å². The highest BCUT2D eigenvalue weighted by atomic mass is 127. The van der Waals surface area contributed by atoms with Crippen molar-refractivity contribution in [2.24, 2.45) is 0 Å². The van der Waals surface area contributed by atoms with Crippen LogP contribution in [0.1, 0.15) is 5.56 Å². The standard InChI is InChI=1S/C8H6IO2/c9-8-3-1-2-7(4-8)5-11-6-10/h1-4H,5H2. The summed E-state index contributed by atoms with van der Waals surface area (Å²) in [6, 6.07) is 7.76. The first kappa shape index (κ1) is 8.52. The van der Waals surface area contributed by atoms with Crippen LogP contribution in [-0.2, 0) is 16.1 Å². The maximum absolute atomic E-state index is 9.71. The highest BCUT2D eigenvalue weighted by Crippen LogP contribution is 2.07. The third-order valence-electron chi connectivity index (χ3n) is 1.19. The first-order chi connectivity index (χ1) is 5.33. The van der Waals surface area contributed by atoms with E-state index in [1.54, 1.807) is 0 Å². The normalized spacial score (nSPS) is 9.18. The van der Waals surface area contributed by atoms with E-state index in [9.17, 15) is 4.79 Å². The molecule has 0 bridgehead atoms. The van der Waals surface area contributed by atoms with Crippen LogP contribution in [0.25, 0.3) is 0 Å². The Bertz CT molecular complexity index is 248. The van der Waals surface area contributed by atoms with E-state index in [0.29, 0.717) is 6.61 Å². The lowest BCUT2D eigenvalue weighted by molar-refractivity contribution is 0.267. The summed E-state index contributed by atoms with van der Waals surface area (Å²) in [4.78, 5) is 9.71. The van der Waals surface area contributed by atoms with Gasteiger partial charge in [-0.1, -0.05) is 12.1 Å². The molecule has 1 rings (SSSR count). The van der Waals surface area contributed by atoms with Crippen molar-refractivity contribution in [3.63, 3.8) is 0 Å². The molecule has 3 heteroatoms. The Hall–Kier alpha value is -0.580. The summed E-state index contributed by atoms with van der Waals surface area (Å²) in [5.74, 6) is 0. The molecular weight excluding hydrogens is 255 g/mol. The first-order valence-corrected chi connectivity index (χ1v) is 4.14. The van der Waals surface area contributed by atoms with E-state index in [0.717, 1.165) is 9.13 Å². The molecule has 1 aromatic carbocycles. The highest BCUT2D eigenvalue weighted by Gasteiger charge is 1.92. The molecule has 1 radical (unpaired) electrons. The number of carbonyl (C=O) groups excluding carboxylic acids is 1. The average Bonchev–Trinajstić information content (AvgIpc) is 2.01. The van der Waals surface area contributed by atoms with E-state index in [2.05, 4.69) is 27.3 Å². The van der Waals surface area contributed by atoms with Crippen molar-refractivity contribution < 1.29 is 9.53 Å². The van der Waals surface area contributed by atoms with Crippen LogP contribution >= 0.6 is 22.6 Å². The van der Waals surface area contributed by atoms with Gasteiger partial charge in [-0.2, -0.15) is 0 Å². The van der Waals surface area contributed by atoms with Gasteiger partial charge in [0, 0.05) is 3.57 Å². The summed E-state index contributed by atoms with van der Waals surface area (Å²) < 4.78 is 5.60. The number of benzene rings is 1. The fraction of sp³-hybridized carbons (Fsp3) is 0.125. The van der Waals surface area contributed by atoms with E-state index in [1.807, 2.05) is 24.3 Å². The zero-order valence-corrected chi connectivity index (χ0v) is 7.87. The Balaban J connectivity index is 2.63. The maximum atomic E-state index is 9.71. The second kappa shape index (κ2) is 4.33. The molecule has 0 atom stereocenters. The Labute approximate surface area is 78.7 Å². The third-order valence-corrected chi connectivity index (χ3v) is 1.86. The van der Waals surface area contributed by atoms with Crippen LogP contribution < -0.4 is 0 Å². The Morgan fingerprint density at radius 2 is 2.36 bits per heavy atom. The van der Waals surface area contributed by atoms with Gasteiger partial charge >= 0.3 is 6.47 Å². The summed E-state index contributed by atoms with van der Waals surface area (Å²) >= 11 is 2.20. The van der Waals surface area contributed by atoms with Gasteiger partial charge in [-0.25, -0.2) is 4.79 Å². The molecule has 0 unspecified atom stereocenters. The van der Waals surface area contributed by atoms with Crippen molar-refractivity contribution in [1.29, 1.82) is 0 Å². The van der Waals surface area contributed by atoms with Gasteiger partial charge in [-0.05, 0) is 40.3 Å². The molecule has 11 heavy (non-hydrogen) atoms. The van der Waals surface area contributed by atoms with Crippen molar-refractivity contribution >= 4 is 29.1 Å². The molecule has 0 fully saturated rings. The van der Waals surface area contributed by atoms with Crippen LogP contribution in [0.15, 0.2) is 24.3 Å². The van der Waals surface area contributed by atoms with Gasteiger partial charge in [0.15, 0.2) is 0 Å². The number of hydrogen-bond acceptors (Lipinski definition) is 2. The number of ether oxygens (including phenoxy) is 1. The van der Waals surface area contributed by atoms with Crippen molar-refractivity contribution in [3.05, 3.63) is 33.4 Å². The second-order valence-corrected chi connectivity index (χ2v) is 3.25. The molecule has 1 aromatic rings. The molecule has 0 aliphatic carbocycles. The maximum Gasteiger partial charge on any atom is 0.417 e. The molecule has 0 aromatic heterocycles. The molecule has 57 valence electrons. The van der Waals surface area contributed by atoms with Gasteiger partial charge < -0.3 is 4.74 Å². The summed E-state index contributed by atoms with van der Waals surface area (Å²) in [5, 5.41) is 0.